The molecule has 0 aliphatic heterocycles. The van der Waals surface area contributed by atoms with Gasteiger partial charge in [-0.25, -0.2) is 0 Å². The molecule has 0 heterocycles. The Morgan fingerprint density at radius 3 is 2.62 bits per heavy atom. The number of hydrogen-bond donors (Lipinski definition) is 1. The van der Waals surface area contributed by atoms with E-state index in [9.17, 15) is 0 Å². The van der Waals surface area contributed by atoms with E-state index < -0.39 is 0 Å². The molecule has 0 spiro atoms. The van der Waals surface area contributed by atoms with Gasteiger partial charge in [0.05, 0.1) is 0 Å². The summed E-state index contributed by atoms with van der Waals surface area (Å²) in [5, 5.41) is 4.26. The van der Waals surface area contributed by atoms with E-state index in [-0.39, 0.29) is 0 Å². The Balaban J connectivity index is 2.03. The van der Waals surface area contributed by atoms with Crippen molar-refractivity contribution in [1.82, 2.24) is 5.32 Å². The van der Waals surface area contributed by atoms with Crippen LogP contribution < -0.4 is 5.32 Å². The average Bonchev–Trinajstić information content (AvgIpc) is 2.49. The number of rotatable bonds is 7. The van der Waals surface area contributed by atoms with E-state index in [1.807, 2.05) is 23.9 Å². The van der Waals surface area contributed by atoms with Gasteiger partial charge in [-0.15, -0.1) is 11.8 Å². The van der Waals surface area contributed by atoms with E-state index in [4.69, 9.17) is 11.6 Å². The van der Waals surface area contributed by atoms with Crippen molar-refractivity contribution in [1.29, 1.82) is 0 Å². The zero-order valence-electron chi connectivity index (χ0n) is 12.0. The number of hydrogen-bond acceptors (Lipinski definition) is 2. The predicted molar refractivity (Wildman–Crippen MR) is 97.2 cm³/mol. The Bertz CT molecular complexity index is 572. The van der Waals surface area contributed by atoms with Crippen LogP contribution in [0.3, 0.4) is 0 Å². The van der Waals surface area contributed by atoms with E-state index >= 15 is 0 Å². The highest BCUT2D eigenvalue weighted by atomic mass is 79.9. The topological polar surface area (TPSA) is 12.0 Å². The molecule has 2 aromatic rings. The molecule has 0 fully saturated rings. The Morgan fingerprint density at radius 2 is 1.90 bits per heavy atom. The molecule has 2 rings (SSSR count). The first-order valence-corrected chi connectivity index (χ1v) is 9.21. The Hall–Kier alpha value is -0.480. The third kappa shape index (κ3) is 5.67. The maximum atomic E-state index is 5.92. The molecule has 0 aliphatic rings. The number of nitrogens with one attached hydrogen (secondary N) is 1. The molecule has 0 atom stereocenters. The van der Waals surface area contributed by atoms with Crippen LogP contribution in [-0.2, 0) is 12.3 Å². The summed E-state index contributed by atoms with van der Waals surface area (Å²) in [5.41, 5.74) is 2.64. The van der Waals surface area contributed by atoms with Crippen LogP contribution in [0, 0.1) is 0 Å². The van der Waals surface area contributed by atoms with E-state index in [1.54, 1.807) is 0 Å². The maximum Gasteiger partial charge on any atom is 0.0406 e. The number of benzene rings is 2. The zero-order valence-corrected chi connectivity index (χ0v) is 15.2. The van der Waals surface area contributed by atoms with E-state index in [0.717, 1.165) is 34.8 Å². The van der Waals surface area contributed by atoms with Crippen LogP contribution in [0.1, 0.15) is 24.5 Å². The van der Waals surface area contributed by atoms with E-state index in [1.165, 1.54) is 16.0 Å². The summed E-state index contributed by atoms with van der Waals surface area (Å²) in [4.78, 5) is 1.32. The molecular formula is C17H19BrClNS. The number of thioether (sulfide) groups is 1. The summed E-state index contributed by atoms with van der Waals surface area (Å²) >= 11 is 11.4. The molecule has 0 unspecified atom stereocenters. The van der Waals surface area contributed by atoms with Crippen molar-refractivity contribution in [2.45, 2.75) is 30.5 Å². The minimum atomic E-state index is 0.788. The lowest BCUT2D eigenvalue weighted by atomic mass is 10.2. The van der Waals surface area contributed by atoms with E-state index in [0.29, 0.717) is 0 Å². The van der Waals surface area contributed by atoms with Gasteiger partial charge in [0.25, 0.3) is 0 Å². The van der Waals surface area contributed by atoms with Crippen molar-refractivity contribution in [3.63, 3.8) is 0 Å². The summed E-state index contributed by atoms with van der Waals surface area (Å²) in [6, 6.07) is 14.6. The molecule has 0 amide bonds. The first kappa shape index (κ1) is 16.9. The molecule has 1 nitrogen and oxygen atoms in total. The standard InChI is InChI=1S/C17H19BrClNS/c1-2-9-20-11-14-5-6-15(18)10-17(14)21-12-13-3-7-16(19)8-4-13/h3-8,10,20H,2,9,11-12H2,1H3. The van der Waals surface area contributed by atoms with Crippen LogP contribution in [0.2, 0.25) is 5.02 Å². The first-order valence-electron chi connectivity index (χ1n) is 7.05. The highest BCUT2D eigenvalue weighted by Crippen LogP contribution is 2.29. The molecule has 0 bridgehead atoms. The quantitative estimate of drug-likeness (QED) is 0.471. The monoisotopic (exact) mass is 383 g/mol. The molecule has 2 aromatic carbocycles. The molecule has 0 saturated carbocycles. The van der Waals surface area contributed by atoms with Gasteiger partial charge in [0.2, 0.25) is 0 Å². The van der Waals surface area contributed by atoms with Crippen LogP contribution in [-0.4, -0.2) is 6.54 Å². The van der Waals surface area contributed by atoms with Gasteiger partial charge in [0.1, 0.15) is 0 Å². The summed E-state index contributed by atoms with van der Waals surface area (Å²) in [6.45, 7) is 4.16. The van der Waals surface area contributed by atoms with Gasteiger partial charge in [0, 0.05) is 26.7 Å². The average molecular weight is 385 g/mol. The fraction of sp³-hybridized carbons (Fsp3) is 0.294. The first-order chi connectivity index (χ1) is 10.2. The zero-order chi connectivity index (χ0) is 15.1. The third-order valence-corrected chi connectivity index (χ3v) is 4.99. The highest BCUT2D eigenvalue weighted by molar-refractivity contribution is 9.10. The second-order valence-electron chi connectivity index (χ2n) is 4.84. The van der Waals surface area contributed by atoms with Crippen LogP contribution in [0.5, 0.6) is 0 Å². The van der Waals surface area contributed by atoms with Crippen molar-refractivity contribution in [2.24, 2.45) is 0 Å². The Kier molecular flexibility index (Phi) is 7.11. The SMILES string of the molecule is CCCNCc1ccc(Br)cc1SCc1ccc(Cl)cc1. The minimum absolute atomic E-state index is 0.788. The predicted octanol–water partition coefficient (Wildman–Crippen LogP) is 5.89. The lowest BCUT2D eigenvalue weighted by molar-refractivity contribution is 0.669. The molecule has 112 valence electrons. The highest BCUT2D eigenvalue weighted by Gasteiger charge is 2.05. The summed E-state index contributed by atoms with van der Waals surface area (Å²) in [6.07, 6.45) is 1.16. The molecule has 0 aliphatic carbocycles. The van der Waals surface area contributed by atoms with Crippen LogP contribution in [0.25, 0.3) is 0 Å². The lowest BCUT2D eigenvalue weighted by Crippen LogP contribution is -2.14. The van der Waals surface area contributed by atoms with Crippen LogP contribution in [0.4, 0.5) is 0 Å². The van der Waals surface area contributed by atoms with Gasteiger partial charge in [-0.3, -0.25) is 0 Å². The second-order valence-corrected chi connectivity index (χ2v) is 7.21. The van der Waals surface area contributed by atoms with Gasteiger partial charge < -0.3 is 5.32 Å². The van der Waals surface area contributed by atoms with Crippen molar-refractivity contribution in [3.05, 3.63) is 63.1 Å². The second kappa shape index (κ2) is 8.84. The van der Waals surface area contributed by atoms with Crippen LogP contribution in [0.15, 0.2) is 51.8 Å². The van der Waals surface area contributed by atoms with Gasteiger partial charge in [-0.1, -0.05) is 52.7 Å². The molecule has 21 heavy (non-hydrogen) atoms. The molecular weight excluding hydrogens is 366 g/mol. The number of halogens is 2. The van der Waals surface area contributed by atoms with Crippen LogP contribution >= 0.6 is 39.3 Å². The molecule has 1 N–H and O–H groups in total. The molecule has 4 heteroatoms. The summed E-state index contributed by atoms with van der Waals surface area (Å²) in [7, 11) is 0. The van der Waals surface area contributed by atoms with Crippen molar-refractivity contribution in [2.75, 3.05) is 6.54 Å². The smallest absolute Gasteiger partial charge is 0.0406 e. The summed E-state index contributed by atoms with van der Waals surface area (Å²) in [5.74, 6) is 0.953. The summed E-state index contributed by atoms with van der Waals surface area (Å²) < 4.78 is 1.13. The third-order valence-electron chi connectivity index (χ3n) is 3.08. The Labute approximate surface area is 144 Å². The van der Waals surface area contributed by atoms with Crippen molar-refractivity contribution >= 4 is 39.3 Å². The molecule has 0 radical (unpaired) electrons. The lowest BCUT2D eigenvalue weighted by Gasteiger charge is -2.11. The van der Waals surface area contributed by atoms with Gasteiger partial charge in [0.15, 0.2) is 0 Å². The maximum absolute atomic E-state index is 5.92. The van der Waals surface area contributed by atoms with E-state index in [2.05, 4.69) is 58.5 Å². The van der Waals surface area contributed by atoms with Crippen molar-refractivity contribution in [3.8, 4) is 0 Å². The van der Waals surface area contributed by atoms with Crippen molar-refractivity contribution < 1.29 is 0 Å². The molecule has 0 aromatic heterocycles. The fourth-order valence-electron chi connectivity index (χ4n) is 1.95. The Morgan fingerprint density at radius 1 is 1.14 bits per heavy atom. The largest absolute Gasteiger partial charge is 0.313 e. The minimum Gasteiger partial charge on any atom is -0.313 e. The molecule has 0 saturated heterocycles. The fourth-order valence-corrected chi connectivity index (χ4v) is 3.64. The van der Waals surface area contributed by atoms with Gasteiger partial charge >= 0.3 is 0 Å². The van der Waals surface area contributed by atoms with Gasteiger partial charge in [-0.2, -0.15) is 0 Å². The van der Waals surface area contributed by atoms with Gasteiger partial charge in [-0.05, 0) is 48.4 Å². The normalized spacial score (nSPS) is 10.8.